The van der Waals surface area contributed by atoms with Crippen LogP contribution in [0.15, 0.2) is 78.4 Å². The van der Waals surface area contributed by atoms with Crippen molar-refractivity contribution < 1.29 is 44.0 Å². The first-order chi connectivity index (χ1) is 24.6. The van der Waals surface area contributed by atoms with Crippen molar-refractivity contribution in [3.8, 4) is 28.7 Å². The van der Waals surface area contributed by atoms with Crippen molar-refractivity contribution in [2.45, 2.75) is 25.7 Å². The largest absolute Gasteiger partial charge is 0.508 e. The van der Waals surface area contributed by atoms with Gasteiger partial charge in [0.2, 0.25) is 29.4 Å². The summed E-state index contributed by atoms with van der Waals surface area (Å²) in [4.78, 5) is 58.8. The number of fused-ring (bicyclic) bond motifs is 4. The fourth-order valence-corrected chi connectivity index (χ4v) is 8.45. The molecule has 0 aromatic heterocycles. The molecule has 3 fully saturated rings. The number of methoxy groups -OCH3 is 2. The Balaban J connectivity index is 1.20. The second-order valence-electron chi connectivity index (χ2n) is 13.7. The number of carbonyl (C=O) groups excluding carboxylic acids is 4. The molecule has 3 aromatic rings. The summed E-state index contributed by atoms with van der Waals surface area (Å²) in [7, 11) is 2.87. The molecule has 2 saturated heterocycles. The number of aromatic hydroxyl groups is 3. The van der Waals surface area contributed by atoms with E-state index in [0.717, 1.165) is 16.7 Å². The van der Waals surface area contributed by atoms with Crippen LogP contribution < -0.4 is 9.47 Å². The third kappa shape index (κ3) is 6.11. The van der Waals surface area contributed by atoms with E-state index < -0.39 is 35.5 Å². The molecular weight excluding hydrogens is 652 g/mol. The van der Waals surface area contributed by atoms with Crippen LogP contribution in [-0.2, 0) is 32.0 Å². The van der Waals surface area contributed by atoms with Crippen molar-refractivity contribution in [3.05, 3.63) is 95.1 Å². The predicted octanol–water partition coefficient (Wildman–Crippen LogP) is 4.49. The van der Waals surface area contributed by atoms with E-state index in [0.29, 0.717) is 24.8 Å². The highest BCUT2D eigenvalue weighted by Gasteiger charge is 2.61. The van der Waals surface area contributed by atoms with Gasteiger partial charge in [0.05, 0.1) is 37.9 Å². The van der Waals surface area contributed by atoms with Crippen LogP contribution in [-0.4, -0.2) is 76.1 Å². The standard InChI is InChI=1S/C40H40N2O9/c1-50-32-19-24(20-33(51-2)36(32)45)7-12-28-27-13-14-29-35(40(49)41(37(29)46)17-15-22-3-8-25(43)9-4-22)30(27)21-31-34(28)39(48)42(38(31)47)18-16-23-5-10-26(44)11-6-23/h3-13,19-20,28-31,34-35,43-45H,14-18,21H2,1-2H3. The van der Waals surface area contributed by atoms with Crippen LogP contribution in [0.2, 0.25) is 0 Å². The van der Waals surface area contributed by atoms with Crippen molar-refractivity contribution >= 4 is 29.7 Å². The smallest absolute Gasteiger partial charge is 0.234 e. The summed E-state index contributed by atoms with van der Waals surface area (Å²) >= 11 is 0. The van der Waals surface area contributed by atoms with Crippen LogP contribution in [0.3, 0.4) is 0 Å². The number of phenolic OH excluding ortho intramolecular Hbond substituents is 3. The molecule has 51 heavy (non-hydrogen) atoms. The van der Waals surface area contributed by atoms with Crippen LogP contribution in [0.25, 0.3) is 6.08 Å². The van der Waals surface area contributed by atoms with Gasteiger partial charge in [0.15, 0.2) is 11.5 Å². The Morgan fingerprint density at radius 2 is 1.20 bits per heavy atom. The summed E-state index contributed by atoms with van der Waals surface area (Å²) in [5.74, 6) is -3.97. The molecule has 6 atom stereocenters. The van der Waals surface area contributed by atoms with Crippen LogP contribution in [0.4, 0.5) is 0 Å². The molecular formula is C40H40N2O9. The minimum Gasteiger partial charge on any atom is -0.508 e. The zero-order valence-corrected chi connectivity index (χ0v) is 28.4. The first kappa shape index (κ1) is 33.9. The highest BCUT2D eigenvalue weighted by molar-refractivity contribution is 6.07. The van der Waals surface area contributed by atoms with Crippen LogP contribution in [0, 0.1) is 35.5 Å². The number of hydrogen-bond donors (Lipinski definition) is 3. The number of allylic oxidation sites excluding steroid dienone is 3. The lowest BCUT2D eigenvalue weighted by atomic mass is 9.58. The summed E-state index contributed by atoms with van der Waals surface area (Å²) in [5.41, 5.74) is 3.28. The lowest BCUT2D eigenvalue weighted by Gasteiger charge is -2.42. The van der Waals surface area contributed by atoms with Gasteiger partial charge in [0, 0.05) is 19.0 Å². The minimum atomic E-state index is -0.689. The van der Waals surface area contributed by atoms with Gasteiger partial charge in [-0.15, -0.1) is 0 Å². The van der Waals surface area contributed by atoms with Gasteiger partial charge in [-0.3, -0.25) is 29.0 Å². The number of likely N-dealkylation sites (tertiary alicyclic amines) is 2. The molecule has 11 nitrogen and oxygen atoms in total. The molecule has 2 aliphatic carbocycles. The summed E-state index contributed by atoms with van der Waals surface area (Å²) in [5, 5.41) is 29.8. The second kappa shape index (κ2) is 13.6. The van der Waals surface area contributed by atoms with Gasteiger partial charge in [0.25, 0.3) is 0 Å². The van der Waals surface area contributed by atoms with Gasteiger partial charge in [-0.05, 0) is 84.7 Å². The van der Waals surface area contributed by atoms with Gasteiger partial charge in [0.1, 0.15) is 11.5 Å². The Hall–Kier alpha value is -5.58. The van der Waals surface area contributed by atoms with Crippen molar-refractivity contribution in [2.24, 2.45) is 35.5 Å². The Kier molecular flexibility index (Phi) is 9.05. The van der Waals surface area contributed by atoms with Crippen LogP contribution in [0.5, 0.6) is 28.7 Å². The molecule has 0 radical (unpaired) electrons. The number of ether oxygens (including phenoxy) is 2. The molecule has 3 aromatic carbocycles. The zero-order chi connectivity index (χ0) is 36.0. The zero-order valence-electron chi connectivity index (χ0n) is 28.4. The topological polar surface area (TPSA) is 154 Å². The lowest BCUT2D eigenvalue weighted by Crippen LogP contribution is -2.43. The molecule has 2 heterocycles. The average Bonchev–Trinajstić information content (AvgIpc) is 3.52. The third-order valence-electron chi connectivity index (χ3n) is 11.0. The maximum absolute atomic E-state index is 14.2. The van der Waals surface area contributed by atoms with E-state index in [4.69, 9.17) is 9.47 Å². The Morgan fingerprint density at radius 3 is 1.73 bits per heavy atom. The van der Waals surface area contributed by atoms with Gasteiger partial charge >= 0.3 is 0 Å². The molecule has 3 N–H and O–H groups in total. The number of nitrogens with zero attached hydrogens (tertiary/aromatic N) is 2. The van der Waals surface area contributed by atoms with E-state index in [2.05, 4.69) is 0 Å². The van der Waals surface area contributed by atoms with Crippen molar-refractivity contribution in [1.82, 2.24) is 9.80 Å². The van der Waals surface area contributed by atoms with E-state index >= 15 is 0 Å². The molecule has 11 heteroatoms. The molecule has 0 bridgehead atoms. The van der Waals surface area contributed by atoms with Crippen LogP contribution >= 0.6 is 0 Å². The predicted molar refractivity (Wildman–Crippen MR) is 186 cm³/mol. The minimum absolute atomic E-state index is 0.129. The normalized spacial score (nSPS) is 25.6. The molecule has 0 spiro atoms. The Labute approximate surface area is 295 Å². The SMILES string of the molecule is COc1cc(C=CC2C3=CCC4C(=O)N(CCc5ccc(O)cc5)C(=O)C4C3CC3C(=O)N(CCc4ccc(O)cc4)C(=O)C23)cc(OC)c1O. The van der Waals surface area contributed by atoms with E-state index in [1.165, 1.54) is 24.0 Å². The molecule has 4 aliphatic rings. The Bertz CT molecular complexity index is 1910. The van der Waals surface area contributed by atoms with Gasteiger partial charge in [-0.2, -0.15) is 0 Å². The Morgan fingerprint density at radius 1 is 0.686 bits per heavy atom. The quantitative estimate of drug-likeness (QED) is 0.206. The molecule has 2 aliphatic heterocycles. The molecule has 264 valence electrons. The number of carbonyl (C=O) groups is 4. The van der Waals surface area contributed by atoms with Crippen molar-refractivity contribution in [3.63, 3.8) is 0 Å². The van der Waals surface area contributed by atoms with E-state index in [9.17, 15) is 34.5 Å². The van der Waals surface area contributed by atoms with Gasteiger partial charge < -0.3 is 24.8 Å². The maximum atomic E-state index is 14.2. The summed E-state index contributed by atoms with van der Waals surface area (Å²) < 4.78 is 10.7. The molecule has 6 unspecified atom stereocenters. The summed E-state index contributed by atoms with van der Waals surface area (Å²) in [6.07, 6.45) is 7.20. The lowest BCUT2D eigenvalue weighted by molar-refractivity contribution is -0.142. The fourth-order valence-electron chi connectivity index (χ4n) is 8.45. The highest BCUT2D eigenvalue weighted by atomic mass is 16.5. The first-order valence-corrected chi connectivity index (χ1v) is 17.2. The van der Waals surface area contributed by atoms with E-state index in [1.54, 1.807) is 60.7 Å². The molecule has 1 saturated carbocycles. The second-order valence-corrected chi connectivity index (χ2v) is 13.7. The number of benzene rings is 3. The number of hydrogen-bond acceptors (Lipinski definition) is 9. The highest BCUT2D eigenvalue weighted by Crippen LogP contribution is 2.55. The fraction of sp³-hybridized carbons (Fsp3) is 0.350. The molecule has 7 rings (SSSR count). The monoisotopic (exact) mass is 692 g/mol. The summed E-state index contributed by atoms with van der Waals surface area (Å²) in [6, 6.07) is 16.6. The van der Waals surface area contributed by atoms with Gasteiger partial charge in [-0.25, -0.2) is 0 Å². The number of phenols is 3. The number of amides is 4. The van der Waals surface area contributed by atoms with E-state index in [-0.39, 0.29) is 71.9 Å². The van der Waals surface area contributed by atoms with E-state index in [1.807, 2.05) is 18.2 Å². The van der Waals surface area contributed by atoms with Crippen molar-refractivity contribution in [1.29, 1.82) is 0 Å². The number of rotatable bonds is 10. The van der Waals surface area contributed by atoms with Gasteiger partial charge in [-0.1, -0.05) is 48.1 Å². The first-order valence-electron chi connectivity index (χ1n) is 17.2. The average molecular weight is 693 g/mol. The van der Waals surface area contributed by atoms with Crippen LogP contribution in [0.1, 0.15) is 29.5 Å². The molecule has 4 amide bonds. The number of imide groups is 2. The third-order valence-corrected chi connectivity index (χ3v) is 11.0. The maximum Gasteiger partial charge on any atom is 0.234 e. The summed E-state index contributed by atoms with van der Waals surface area (Å²) in [6.45, 7) is 0.385. The van der Waals surface area contributed by atoms with Crippen molar-refractivity contribution in [2.75, 3.05) is 27.3 Å².